The van der Waals surface area contributed by atoms with Gasteiger partial charge in [0.05, 0.1) is 12.6 Å². The lowest BCUT2D eigenvalue weighted by molar-refractivity contribution is -0.274. The molecule has 0 atom stereocenters. The van der Waals surface area contributed by atoms with E-state index in [4.69, 9.17) is 0 Å². The Morgan fingerprint density at radius 2 is 1.91 bits per heavy atom. The van der Waals surface area contributed by atoms with Gasteiger partial charge >= 0.3 is 6.36 Å². The topological polar surface area (TPSA) is 56.1 Å². The van der Waals surface area contributed by atoms with Crippen LogP contribution >= 0.6 is 0 Å². The van der Waals surface area contributed by atoms with Gasteiger partial charge in [0, 0.05) is 6.54 Å². The molecule has 0 amide bonds. The maximum atomic E-state index is 12.1. The molecule has 0 unspecified atom stereocenters. The normalized spacial score (nSPS) is 15.2. The molecule has 6 nitrogen and oxygen atoms in total. The highest BCUT2D eigenvalue weighted by Gasteiger charge is 2.31. The molecule has 1 heterocycles. The minimum atomic E-state index is -4.67. The number of hydrogen-bond acceptors (Lipinski definition) is 5. The summed E-state index contributed by atoms with van der Waals surface area (Å²) >= 11 is 0. The van der Waals surface area contributed by atoms with E-state index >= 15 is 0 Å². The summed E-state index contributed by atoms with van der Waals surface area (Å²) < 4.78 is 42.1. The Balaban J connectivity index is 1.57. The minimum absolute atomic E-state index is 0.221. The largest absolute Gasteiger partial charge is 0.573 e. The number of hydrogen-bond donors (Lipinski definition) is 0. The maximum Gasteiger partial charge on any atom is 0.573 e. The molecule has 23 heavy (non-hydrogen) atoms. The number of benzene rings is 1. The Morgan fingerprint density at radius 3 is 2.52 bits per heavy atom. The predicted molar refractivity (Wildman–Crippen MR) is 74.4 cm³/mol. The Morgan fingerprint density at radius 1 is 1.22 bits per heavy atom. The quantitative estimate of drug-likeness (QED) is 0.816. The summed E-state index contributed by atoms with van der Waals surface area (Å²) in [6.45, 7) is 1.15. The summed E-state index contributed by atoms with van der Waals surface area (Å²) in [5.74, 6) is 0.577. The van der Waals surface area contributed by atoms with Crippen molar-refractivity contribution in [3.63, 3.8) is 0 Å². The summed E-state index contributed by atoms with van der Waals surface area (Å²) in [4.78, 5) is 2.00. The Labute approximate surface area is 130 Å². The molecule has 1 fully saturated rings. The monoisotopic (exact) mass is 327 g/mol. The van der Waals surface area contributed by atoms with Gasteiger partial charge in [0.1, 0.15) is 5.75 Å². The molecular formula is C14H16F3N5O. The van der Waals surface area contributed by atoms with Crippen molar-refractivity contribution < 1.29 is 17.9 Å². The van der Waals surface area contributed by atoms with Gasteiger partial charge in [-0.05, 0) is 48.0 Å². The van der Waals surface area contributed by atoms with Gasteiger partial charge < -0.3 is 4.74 Å². The van der Waals surface area contributed by atoms with E-state index < -0.39 is 6.36 Å². The van der Waals surface area contributed by atoms with Crippen molar-refractivity contribution in [1.29, 1.82) is 0 Å². The van der Waals surface area contributed by atoms with E-state index in [1.165, 1.54) is 12.1 Å². The lowest BCUT2D eigenvalue weighted by Crippen LogP contribution is -2.20. The van der Waals surface area contributed by atoms with E-state index in [2.05, 4.69) is 20.3 Å². The smallest absolute Gasteiger partial charge is 0.406 e. The number of aromatic nitrogens is 4. The third-order valence-electron chi connectivity index (χ3n) is 3.47. The van der Waals surface area contributed by atoms with Crippen LogP contribution in [-0.2, 0) is 13.1 Å². The fourth-order valence-electron chi connectivity index (χ4n) is 2.32. The molecule has 1 aliphatic rings. The van der Waals surface area contributed by atoms with Crippen molar-refractivity contribution in [2.24, 2.45) is 0 Å². The number of nitrogens with zero attached hydrogens (tertiary/aromatic N) is 5. The summed E-state index contributed by atoms with van der Waals surface area (Å²) in [6, 6.07) is 6.26. The van der Waals surface area contributed by atoms with Crippen molar-refractivity contribution >= 4 is 0 Å². The molecule has 0 N–H and O–H groups in total. The first-order valence-electron chi connectivity index (χ1n) is 7.21. The highest BCUT2D eigenvalue weighted by Crippen LogP contribution is 2.34. The van der Waals surface area contributed by atoms with E-state index in [1.54, 1.807) is 12.1 Å². The molecule has 0 spiro atoms. The van der Waals surface area contributed by atoms with Gasteiger partial charge in [-0.15, -0.1) is 18.3 Å². The van der Waals surface area contributed by atoms with Crippen LogP contribution in [0.5, 0.6) is 5.75 Å². The maximum absolute atomic E-state index is 12.1. The number of tetrazole rings is 1. The van der Waals surface area contributed by atoms with Gasteiger partial charge in [-0.3, -0.25) is 4.90 Å². The first kappa shape index (κ1) is 15.7. The predicted octanol–water partition coefficient (Wildman–Crippen LogP) is 2.54. The van der Waals surface area contributed by atoms with E-state index in [0.717, 1.165) is 24.2 Å². The van der Waals surface area contributed by atoms with Crippen LogP contribution in [0, 0.1) is 0 Å². The molecular weight excluding hydrogens is 311 g/mol. The third-order valence-corrected chi connectivity index (χ3v) is 3.47. The van der Waals surface area contributed by atoms with Gasteiger partial charge in [0.25, 0.3) is 0 Å². The molecule has 1 aromatic heterocycles. The molecule has 3 rings (SSSR count). The zero-order valence-electron chi connectivity index (χ0n) is 12.5. The first-order valence-corrected chi connectivity index (χ1v) is 7.21. The van der Waals surface area contributed by atoms with Crippen molar-refractivity contribution in [1.82, 2.24) is 25.1 Å². The summed E-state index contributed by atoms with van der Waals surface area (Å²) in [7, 11) is 1.91. The number of rotatable bonds is 6. The third kappa shape index (κ3) is 4.41. The zero-order chi connectivity index (χ0) is 16.4. The number of halogens is 3. The standard InChI is InChI=1S/C14H16F3N5O/c1-21(9-13-18-19-20-22(13)11-4-5-11)8-10-2-6-12(7-3-10)23-14(15,16)17/h2-3,6-7,11H,4-5,8-9H2,1H3. The molecule has 1 aromatic carbocycles. The summed E-state index contributed by atoms with van der Waals surface area (Å²) in [6.07, 6.45) is -2.47. The van der Waals surface area contributed by atoms with Crippen molar-refractivity contribution in [2.45, 2.75) is 38.3 Å². The highest BCUT2D eigenvalue weighted by atomic mass is 19.4. The van der Waals surface area contributed by atoms with Crippen LogP contribution in [0.2, 0.25) is 0 Å². The molecule has 1 aliphatic carbocycles. The Hall–Kier alpha value is -2.16. The minimum Gasteiger partial charge on any atom is -0.406 e. The summed E-state index contributed by atoms with van der Waals surface area (Å²) in [5, 5.41) is 11.7. The molecule has 0 radical (unpaired) electrons. The van der Waals surface area contributed by atoms with Crippen molar-refractivity contribution in [2.75, 3.05) is 7.05 Å². The zero-order valence-corrected chi connectivity index (χ0v) is 12.5. The fraction of sp³-hybridized carbons (Fsp3) is 0.500. The number of ether oxygens (including phenoxy) is 1. The van der Waals surface area contributed by atoms with E-state index in [-0.39, 0.29) is 5.75 Å². The molecule has 0 saturated heterocycles. The molecule has 0 bridgehead atoms. The van der Waals surface area contributed by atoms with Crippen molar-refractivity contribution in [3.05, 3.63) is 35.7 Å². The second-order valence-corrected chi connectivity index (χ2v) is 5.63. The molecule has 124 valence electrons. The van der Waals surface area contributed by atoms with E-state index in [1.807, 2.05) is 16.6 Å². The molecule has 0 aliphatic heterocycles. The first-order chi connectivity index (χ1) is 10.9. The van der Waals surface area contributed by atoms with Crippen LogP contribution in [0.1, 0.15) is 30.3 Å². The Kier molecular flexibility index (Phi) is 4.20. The SMILES string of the molecule is CN(Cc1ccc(OC(F)(F)F)cc1)Cc1nnnn1C1CC1. The second-order valence-electron chi connectivity index (χ2n) is 5.63. The second kappa shape index (κ2) is 6.15. The highest BCUT2D eigenvalue weighted by molar-refractivity contribution is 5.27. The van der Waals surface area contributed by atoms with E-state index in [9.17, 15) is 13.2 Å². The van der Waals surface area contributed by atoms with Gasteiger partial charge in [0.15, 0.2) is 5.82 Å². The van der Waals surface area contributed by atoms with Gasteiger partial charge in [0.2, 0.25) is 0 Å². The van der Waals surface area contributed by atoms with Crippen LogP contribution in [-0.4, -0.2) is 38.5 Å². The average Bonchev–Trinajstić information content (AvgIpc) is 3.20. The van der Waals surface area contributed by atoms with Gasteiger partial charge in [-0.2, -0.15) is 0 Å². The lowest BCUT2D eigenvalue weighted by atomic mass is 10.2. The van der Waals surface area contributed by atoms with E-state index in [0.29, 0.717) is 19.1 Å². The van der Waals surface area contributed by atoms with Crippen LogP contribution in [0.4, 0.5) is 13.2 Å². The number of alkyl halides is 3. The molecule has 2 aromatic rings. The van der Waals surface area contributed by atoms with Crippen LogP contribution in [0.15, 0.2) is 24.3 Å². The van der Waals surface area contributed by atoms with Gasteiger partial charge in [-0.25, -0.2) is 4.68 Å². The van der Waals surface area contributed by atoms with Crippen LogP contribution in [0.3, 0.4) is 0 Å². The van der Waals surface area contributed by atoms with Crippen LogP contribution in [0.25, 0.3) is 0 Å². The average molecular weight is 327 g/mol. The molecule has 1 saturated carbocycles. The lowest BCUT2D eigenvalue weighted by Gasteiger charge is -2.16. The van der Waals surface area contributed by atoms with Gasteiger partial charge in [-0.1, -0.05) is 12.1 Å². The Bertz CT molecular complexity index is 651. The summed E-state index contributed by atoms with van der Waals surface area (Å²) in [5.41, 5.74) is 0.882. The fourth-order valence-corrected chi connectivity index (χ4v) is 2.32. The van der Waals surface area contributed by atoms with Crippen LogP contribution < -0.4 is 4.74 Å². The molecule has 9 heteroatoms. The van der Waals surface area contributed by atoms with Crippen molar-refractivity contribution in [3.8, 4) is 5.75 Å².